The standard InChI is InChI=1S/C9H7ClFNO4/c1-16-9(13)6-3-7(11)8(12(14)15)2-5(6)4-10/h2-3H,4H2,1H3. The number of ether oxygens (including phenoxy) is 1. The lowest BCUT2D eigenvalue weighted by Gasteiger charge is -2.05. The number of nitro groups is 1. The van der Waals surface area contributed by atoms with Gasteiger partial charge in [-0.1, -0.05) is 0 Å². The van der Waals surface area contributed by atoms with E-state index in [1.165, 1.54) is 0 Å². The molecule has 0 aliphatic carbocycles. The fourth-order valence-electron chi connectivity index (χ4n) is 1.16. The topological polar surface area (TPSA) is 69.4 Å². The molecule has 0 spiro atoms. The molecule has 0 N–H and O–H groups in total. The zero-order chi connectivity index (χ0) is 12.3. The number of nitro benzene ring substituents is 1. The second kappa shape index (κ2) is 4.89. The maximum absolute atomic E-state index is 13.2. The van der Waals surface area contributed by atoms with Crippen LogP contribution in [-0.2, 0) is 10.6 Å². The first-order valence-corrected chi connectivity index (χ1v) is 4.65. The van der Waals surface area contributed by atoms with E-state index in [1.54, 1.807) is 0 Å². The molecule has 0 aliphatic heterocycles. The van der Waals surface area contributed by atoms with Crippen molar-refractivity contribution in [1.29, 1.82) is 0 Å². The number of carbonyl (C=O) groups excluding carboxylic acids is 1. The molecule has 0 saturated heterocycles. The maximum atomic E-state index is 13.2. The molecule has 1 aromatic rings. The van der Waals surface area contributed by atoms with Gasteiger partial charge < -0.3 is 4.74 Å². The highest BCUT2D eigenvalue weighted by Crippen LogP contribution is 2.24. The monoisotopic (exact) mass is 247 g/mol. The number of rotatable bonds is 3. The van der Waals surface area contributed by atoms with E-state index in [1.807, 2.05) is 0 Å². The van der Waals surface area contributed by atoms with Gasteiger partial charge in [0.05, 0.1) is 17.6 Å². The molecule has 1 rings (SSSR count). The van der Waals surface area contributed by atoms with Gasteiger partial charge in [-0.25, -0.2) is 4.79 Å². The number of benzene rings is 1. The summed E-state index contributed by atoms with van der Waals surface area (Å²) in [5.74, 6) is -2.03. The van der Waals surface area contributed by atoms with Crippen LogP contribution in [0.3, 0.4) is 0 Å². The number of nitrogens with zero attached hydrogens (tertiary/aromatic N) is 1. The van der Waals surface area contributed by atoms with Crippen LogP contribution >= 0.6 is 11.6 Å². The minimum atomic E-state index is -1.10. The lowest BCUT2D eigenvalue weighted by atomic mass is 10.1. The molecule has 0 bridgehead atoms. The summed E-state index contributed by atoms with van der Waals surface area (Å²) < 4.78 is 17.6. The maximum Gasteiger partial charge on any atom is 0.338 e. The summed E-state index contributed by atoms with van der Waals surface area (Å²) in [5.41, 5.74) is -0.675. The lowest BCUT2D eigenvalue weighted by Crippen LogP contribution is -2.07. The fourth-order valence-corrected chi connectivity index (χ4v) is 1.38. The number of carbonyl (C=O) groups is 1. The van der Waals surface area contributed by atoms with Crippen molar-refractivity contribution < 1.29 is 18.8 Å². The Balaban J connectivity index is 3.37. The Morgan fingerprint density at radius 2 is 2.25 bits per heavy atom. The van der Waals surface area contributed by atoms with Crippen molar-refractivity contribution in [3.8, 4) is 0 Å². The first-order valence-electron chi connectivity index (χ1n) is 4.12. The van der Waals surface area contributed by atoms with Crippen LogP contribution < -0.4 is 0 Å². The molecular weight excluding hydrogens is 241 g/mol. The number of hydrogen-bond acceptors (Lipinski definition) is 4. The summed E-state index contributed by atoms with van der Waals surface area (Å²) in [6.45, 7) is 0. The fraction of sp³-hybridized carbons (Fsp3) is 0.222. The van der Waals surface area contributed by atoms with Crippen molar-refractivity contribution in [2.75, 3.05) is 7.11 Å². The quantitative estimate of drug-likeness (QED) is 0.356. The number of alkyl halides is 1. The third-order valence-electron chi connectivity index (χ3n) is 1.92. The van der Waals surface area contributed by atoms with E-state index in [4.69, 9.17) is 11.6 Å². The van der Waals surface area contributed by atoms with Gasteiger partial charge >= 0.3 is 11.7 Å². The molecule has 0 atom stereocenters. The molecule has 0 fully saturated rings. The van der Waals surface area contributed by atoms with Crippen LogP contribution in [0.15, 0.2) is 12.1 Å². The number of halogens is 2. The van der Waals surface area contributed by atoms with E-state index >= 15 is 0 Å². The first-order chi connectivity index (χ1) is 7.51. The molecule has 0 saturated carbocycles. The van der Waals surface area contributed by atoms with Crippen molar-refractivity contribution in [2.45, 2.75) is 5.88 Å². The second-order valence-electron chi connectivity index (χ2n) is 2.84. The Bertz CT molecular complexity index is 449. The van der Waals surface area contributed by atoms with Gasteiger partial charge in [0.2, 0.25) is 5.82 Å². The molecule has 0 radical (unpaired) electrons. The Labute approximate surface area is 94.9 Å². The van der Waals surface area contributed by atoms with Crippen LogP contribution in [0.25, 0.3) is 0 Å². The Hall–Kier alpha value is -1.69. The van der Waals surface area contributed by atoms with Crippen LogP contribution in [0.4, 0.5) is 10.1 Å². The van der Waals surface area contributed by atoms with Gasteiger partial charge in [-0.15, -0.1) is 11.6 Å². The van der Waals surface area contributed by atoms with Gasteiger partial charge in [-0.2, -0.15) is 4.39 Å². The zero-order valence-corrected chi connectivity index (χ0v) is 8.95. The molecule has 1 aromatic carbocycles. The highest BCUT2D eigenvalue weighted by molar-refractivity contribution is 6.17. The molecule has 16 heavy (non-hydrogen) atoms. The van der Waals surface area contributed by atoms with E-state index < -0.39 is 22.4 Å². The van der Waals surface area contributed by atoms with Gasteiger partial charge in [0.1, 0.15) is 0 Å². The Kier molecular flexibility index (Phi) is 3.78. The molecule has 0 amide bonds. The highest BCUT2D eigenvalue weighted by atomic mass is 35.5. The van der Waals surface area contributed by atoms with Gasteiger partial charge in [0.25, 0.3) is 0 Å². The molecule has 86 valence electrons. The molecule has 0 unspecified atom stereocenters. The van der Waals surface area contributed by atoms with E-state index in [2.05, 4.69) is 4.74 Å². The third-order valence-corrected chi connectivity index (χ3v) is 2.21. The molecule has 0 aromatic heterocycles. The molecule has 0 aliphatic rings. The van der Waals surface area contributed by atoms with Crippen LogP contribution in [0.1, 0.15) is 15.9 Å². The summed E-state index contributed by atoms with van der Waals surface area (Å²) >= 11 is 5.51. The van der Waals surface area contributed by atoms with Gasteiger partial charge in [0.15, 0.2) is 0 Å². The van der Waals surface area contributed by atoms with Crippen molar-refractivity contribution in [1.82, 2.24) is 0 Å². The van der Waals surface area contributed by atoms with Crippen LogP contribution in [0, 0.1) is 15.9 Å². The van der Waals surface area contributed by atoms with E-state index in [9.17, 15) is 19.3 Å². The summed E-state index contributed by atoms with van der Waals surface area (Å²) in [6, 6.07) is 1.68. The van der Waals surface area contributed by atoms with Crippen LogP contribution in [-0.4, -0.2) is 18.0 Å². The van der Waals surface area contributed by atoms with Crippen LogP contribution in [0.5, 0.6) is 0 Å². The first kappa shape index (κ1) is 12.4. The minimum Gasteiger partial charge on any atom is -0.465 e. The largest absolute Gasteiger partial charge is 0.465 e. The van der Waals surface area contributed by atoms with Crippen molar-refractivity contribution in [2.24, 2.45) is 0 Å². The predicted octanol–water partition coefficient (Wildman–Crippen LogP) is 2.26. The lowest BCUT2D eigenvalue weighted by molar-refractivity contribution is -0.387. The van der Waals surface area contributed by atoms with Crippen molar-refractivity contribution in [3.05, 3.63) is 39.2 Å². The second-order valence-corrected chi connectivity index (χ2v) is 3.11. The average Bonchev–Trinajstić information content (AvgIpc) is 2.27. The smallest absolute Gasteiger partial charge is 0.338 e. The molecule has 5 nitrogen and oxygen atoms in total. The van der Waals surface area contributed by atoms with Crippen molar-refractivity contribution >= 4 is 23.3 Å². The Morgan fingerprint density at radius 3 is 2.69 bits per heavy atom. The van der Waals surface area contributed by atoms with Gasteiger partial charge in [-0.3, -0.25) is 10.1 Å². The zero-order valence-electron chi connectivity index (χ0n) is 8.20. The SMILES string of the molecule is COC(=O)c1cc(F)c([N+](=O)[O-])cc1CCl. The normalized spacial score (nSPS) is 9.94. The summed E-state index contributed by atoms with van der Waals surface area (Å²) in [4.78, 5) is 20.8. The average molecular weight is 248 g/mol. The summed E-state index contributed by atoms with van der Waals surface area (Å²) in [7, 11) is 1.12. The van der Waals surface area contributed by atoms with E-state index in [-0.39, 0.29) is 17.0 Å². The molecular formula is C9H7ClFNO4. The van der Waals surface area contributed by atoms with E-state index in [0.717, 1.165) is 19.2 Å². The predicted molar refractivity (Wildman–Crippen MR) is 54.0 cm³/mol. The third kappa shape index (κ3) is 2.27. The molecule has 0 heterocycles. The minimum absolute atomic E-state index is 0.111. The highest BCUT2D eigenvalue weighted by Gasteiger charge is 2.21. The van der Waals surface area contributed by atoms with Gasteiger partial charge in [-0.05, 0) is 11.6 Å². The Morgan fingerprint density at radius 1 is 1.62 bits per heavy atom. The summed E-state index contributed by atoms with van der Waals surface area (Å²) in [6.07, 6.45) is 0. The number of esters is 1. The van der Waals surface area contributed by atoms with Gasteiger partial charge in [0, 0.05) is 11.9 Å². The number of methoxy groups -OCH3 is 1. The van der Waals surface area contributed by atoms with E-state index in [0.29, 0.717) is 0 Å². The molecule has 7 heteroatoms. The van der Waals surface area contributed by atoms with Crippen molar-refractivity contribution in [3.63, 3.8) is 0 Å². The summed E-state index contributed by atoms with van der Waals surface area (Å²) in [5, 5.41) is 10.4. The number of hydrogen-bond donors (Lipinski definition) is 0. The van der Waals surface area contributed by atoms with Crippen LogP contribution in [0.2, 0.25) is 0 Å².